The predicted molar refractivity (Wildman–Crippen MR) is 119 cm³/mol. The van der Waals surface area contributed by atoms with Crippen molar-refractivity contribution in [2.24, 2.45) is 29.6 Å². The highest BCUT2D eigenvalue weighted by Gasteiger charge is 2.34. The molecule has 0 spiro atoms. The van der Waals surface area contributed by atoms with E-state index in [2.05, 4.69) is 37.5 Å². The Kier molecular flexibility index (Phi) is 7.57. The fourth-order valence-electron chi connectivity index (χ4n) is 4.46. The summed E-state index contributed by atoms with van der Waals surface area (Å²) < 4.78 is 5.17. The minimum absolute atomic E-state index is 0.0894. The number of benzene rings is 1. The summed E-state index contributed by atoms with van der Waals surface area (Å²) in [5.41, 5.74) is 2.34. The van der Waals surface area contributed by atoms with Gasteiger partial charge in [0.2, 0.25) is 11.8 Å². The number of nitrogens with one attached hydrogen (secondary N) is 2. The molecule has 0 aliphatic heterocycles. The van der Waals surface area contributed by atoms with Crippen LogP contribution in [0.25, 0.3) is 0 Å². The van der Waals surface area contributed by atoms with E-state index in [1.165, 1.54) is 5.57 Å². The van der Waals surface area contributed by atoms with Crippen molar-refractivity contribution < 1.29 is 14.3 Å². The number of carbonyl (C=O) groups excluding carboxylic acids is 2. The molecule has 2 N–H and O–H groups in total. The molecule has 5 nitrogen and oxygen atoms in total. The van der Waals surface area contributed by atoms with E-state index in [1.54, 1.807) is 7.11 Å². The second-order valence-corrected chi connectivity index (χ2v) is 9.26. The van der Waals surface area contributed by atoms with Crippen molar-refractivity contribution in [3.63, 3.8) is 0 Å². The Morgan fingerprint density at radius 2 is 1.83 bits per heavy atom. The normalized spacial score (nSPS) is 23.6. The van der Waals surface area contributed by atoms with Crippen LogP contribution >= 0.6 is 0 Å². The second-order valence-electron chi connectivity index (χ2n) is 9.26. The molecule has 3 unspecified atom stereocenters. The van der Waals surface area contributed by atoms with Gasteiger partial charge in [0.1, 0.15) is 5.75 Å². The van der Waals surface area contributed by atoms with Crippen LogP contribution in [0.15, 0.2) is 35.9 Å². The molecular weight excluding hydrogens is 376 g/mol. The number of amides is 2. The molecule has 0 aromatic heterocycles. The van der Waals surface area contributed by atoms with Gasteiger partial charge >= 0.3 is 0 Å². The number of methoxy groups -OCH3 is 1. The third-order valence-corrected chi connectivity index (χ3v) is 6.62. The summed E-state index contributed by atoms with van der Waals surface area (Å²) in [6, 6.07) is 7.76. The molecule has 0 saturated heterocycles. The molecular formula is C25H36N2O3. The summed E-state index contributed by atoms with van der Waals surface area (Å²) in [5.74, 6) is 2.98. The van der Waals surface area contributed by atoms with E-state index in [-0.39, 0.29) is 23.7 Å². The minimum Gasteiger partial charge on any atom is -0.497 e. The number of carbonyl (C=O) groups is 2. The highest BCUT2D eigenvalue weighted by molar-refractivity contribution is 5.80. The lowest BCUT2D eigenvalue weighted by molar-refractivity contribution is -0.122. The number of rotatable bonds is 9. The van der Waals surface area contributed by atoms with E-state index in [0.29, 0.717) is 37.3 Å². The van der Waals surface area contributed by atoms with Crippen molar-refractivity contribution >= 4 is 11.8 Å². The summed E-state index contributed by atoms with van der Waals surface area (Å²) in [6.07, 6.45) is 5.89. The smallest absolute Gasteiger partial charge is 0.223 e. The van der Waals surface area contributed by atoms with Crippen LogP contribution in [-0.4, -0.2) is 25.5 Å². The Balaban J connectivity index is 1.53. The van der Waals surface area contributed by atoms with E-state index >= 15 is 0 Å². The van der Waals surface area contributed by atoms with E-state index in [4.69, 9.17) is 4.74 Å². The van der Waals surface area contributed by atoms with Gasteiger partial charge in [-0.2, -0.15) is 0 Å². The van der Waals surface area contributed by atoms with E-state index in [0.717, 1.165) is 30.6 Å². The number of ether oxygens (including phenoxy) is 1. The number of hydrogen-bond donors (Lipinski definition) is 2. The summed E-state index contributed by atoms with van der Waals surface area (Å²) >= 11 is 0. The zero-order valence-corrected chi connectivity index (χ0v) is 18.7. The van der Waals surface area contributed by atoms with Crippen LogP contribution in [0.5, 0.6) is 5.75 Å². The van der Waals surface area contributed by atoms with Crippen molar-refractivity contribution in [3.8, 4) is 5.75 Å². The molecule has 0 heterocycles. The molecule has 3 rings (SSSR count). The van der Waals surface area contributed by atoms with Gasteiger partial charge in [-0.3, -0.25) is 9.59 Å². The molecule has 2 aliphatic carbocycles. The fourth-order valence-corrected chi connectivity index (χ4v) is 4.46. The van der Waals surface area contributed by atoms with Crippen molar-refractivity contribution in [3.05, 3.63) is 41.5 Å². The monoisotopic (exact) mass is 412 g/mol. The topological polar surface area (TPSA) is 67.4 Å². The van der Waals surface area contributed by atoms with E-state index in [9.17, 15) is 9.59 Å². The van der Waals surface area contributed by atoms with Crippen molar-refractivity contribution in [2.75, 3.05) is 13.7 Å². The van der Waals surface area contributed by atoms with Crippen LogP contribution < -0.4 is 15.4 Å². The predicted octanol–water partition coefficient (Wildman–Crippen LogP) is 4.08. The SMILES string of the molecule is COc1ccc(CNC(=O)CC2CC(C(C)C)C(CNC(=O)C3CC3)C=C2C)cc1. The van der Waals surface area contributed by atoms with Gasteiger partial charge in [0, 0.05) is 25.4 Å². The van der Waals surface area contributed by atoms with Gasteiger partial charge in [0.15, 0.2) is 0 Å². The van der Waals surface area contributed by atoms with Crippen LogP contribution in [0, 0.1) is 29.6 Å². The largest absolute Gasteiger partial charge is 0.497 e. The Labute approximate surface area is 180 Å². The Morgan fingerprint density at radius 1 is 1.13 bits per heavy atom. The summed E-state index contributed by atoms with van der Waals surface area (Å²) in [7, 11) is 1.65. The maximum atomic E-state index is 12.6. The van der Waals surface area contributed by atoms with Crippen LogP contribution in [0.4, 0.5) is 0 Å². The van der Waals surface area contributed by atoms with Crippen molar-refractivity contribution in [1.82, 2.24) is 10.6 Å². The first-order chi connectivity index (χ1) is 14.4. The number of hydrogen-bond acceptors (Lipinski definition) is 3. The molecule has 5 heteroatoms. The lowest BCUT2D eigenvalue weighted by Crippen LogP contribution is -2.38. The van der Waals surface area contributed by atoms with Gasteiger partial charge in [-0.05, 0) is 67.6 Å². The lowest BCUT2D eigenvalue weighted by Gasteiger charge is -2.37. The third-order valence-electron chi connectivity index (χ3n) is 6.62. The second kappa shape index (κ2) is 10.1. The molecule has 1 aromatic carbocycles. The maximum Gasteiger partial charge on any atom is 0.223 e. The first-order valence-corrected chi connectivity index (χ1v) is 11.2. The average Bonchev–Trinajstić information content (AvgIpc) is 3.57. The van der Waals surface area contributed by atoms with Crippen LogP contribution in [-0.2, 0) is 16.1 Å². The molecule has 1 fully saturated rings. The fraction of sp³-hybridized carbons (Fsp3) is 0.600. The summed E-state index contributed by atoms with van der Waals surface area (Å²) in [4.78, 5) is 24.6. The minimum atomic E-state index is 0.0894. The maximum absolute atomic E-state index is 12.6. The van der Waals surface area contributed by atoms with Gasteiger partial charge in [0.05, 0.1) is 7.11 Å². The van der Waals surface area contributed by atoms with E-state index < -0.39 is 0 Å². The van der Waals surface area contributed by atoms with Crippen molar-refractivity contribution in [1.29, 1.82) is 0 Å². The first-order valence-electron chi connectivity index (χ1n) is 11.2. The lowest BCUT2D eigenvalue weighted by atomic mass is 9.69. The van der Waals surface area contributed by atoms with Gasteiger partial charge < -0.3 is 15.4 Å². The van der Waals surface area contributed by atoms with Crippen LogP contribution in [0.3, 0.4) is 0 Å². The Morgan fingerprint density at radius 3 is 2.43 bits per heavy atom. The molecule has 1 aromatic rings. The van der Waals surface area contributed by atoms with Gasteiger partial charge in [-0.25, -0.2) is 0 Å². The van der Waals surface area contributed by atoms with Gasteiger partial charge in [0.25, 0.3) is 0 Å². The number of allylic oxidation sites excluding steroid dienone is 1. The zero-order chi connectivity index (χ0) is 21.7. The molecule has 30 heavy (non-hydrogen) atoms. The average molecular weight is 413 g/mol. The third kappa shape index (κ3) is 6.10. The quantitative estimate of drug-likeness (QED) is 0.601. The zero-order valence-electron chi connectivity index (χ0n) is 18.7. The molecule has 3 atom stereocenters. The van der Waals surface area contributed by atoms with Gasteiger partial charge in [-0.1, -0.05) is 37.6 Å². The highest BCUT2D eigenvalue weighted by atomic mass is 16.5. The van der Waals surface area contributed by atoms with E-state index in [1.807, 2.05) is 24.3 Å². The summed E-state index contributed by atoms with van der Waals surface area (Å²) in [5, 5.41) is 6.21. The molecule has 2 amide bonds. The van der Waals surface area contributed by atoms with Crippen LogP contribution in [0.2, 0.25) is 0 Å². The van der Waals surface area contributed by atoms with Crippen LogP contribution in [0.1, 0.15) is 52.0 Å². The summed E-state index contributed by atoms with van der Waals surface area (Å²) in [6.45, 7) is 7.87. The molecule has 1 saturated carbocycles. The van der Waals surface area contributed by atoms with Crippen molar-refractivity contribution in [2.45, 2.75) is 53.0 Å². The molecule has 2 aliphatic rings. The highest BCUT2D eigenvalue weighted by Crippen LogP contribution is 2.39. The molecule has 0 bridgehead atoms. The molecule has 164 valence electrons. The Hall–Kier alpha value is -2.30. The first kappa shape index (κ1) is 22.4. The standard InChI is InChI=1S/C25H36N2O3/c1-16(2)23-12-20(17(3)11-21(23)15-27-25(29)19-7-8-19)13-24(28)26-14-18-5-9-22(30-4)10-6-18/h5-6,9-11,16,19-21,23H,7-8,12-15H2,1-4H3,(H,26,28)(H,27,29). The van der Waals surface area contributed by atoms with Gasteiger partial charge in [-0.15, -0.1) is 0 Å². The molecule has 0 radical (unpaired) electrons. The Bertz CT molecular complexity index is 765.